The molecule has 9 nitrogen and oxygen atoms in total. The second-order valence-corrected chi connectivity index (χ2v) is 4.65. The van der Waals surface area contributed by atoms with Crippen LogP contribution in [0, 0.1) is 0 Å². The van der Waals surface area contributed by atoms with Crippen molar-refractivity contribution in [1.82, 2.24) is 29.9 Å². The number of nitrogens with zero attached hydrogens (tertiary/aromatic N) is 5. The van der Waals surface area contributed by atoms with Crippen LogP contribution in [0.4, 0.5) is 0 Å². The number of aromatic nitrogens is 5. The molecular weight excluding hydrogens is 288 g/mol. The van der Waals surface area contributed by atoms with Gasteiger partial charge in [0.2, 0.25) is 0 Å². The molecule has 9 heteroatoms. The van der Waals surface area contributed by atoms with E-state index in [2.05, 4.69) is 20.6 Å². The van der Waals surface area contributed by atoms with Crippen molar-refractivity contribution in [2.24, 2.45) is 7.05 Å². The Hall–Kier alpha value is -2.55. The largest absolute Gasteiger partial charge is 0.385 e. The van der Waals surface area contributed by atoms with E-state index in [1.54, 1.807) is 13.4 Å². The Bertz CT molecular complexity index is 693. The Labute approximate surface area is 126 Å². The summed E-state index contributed by atoms with van der Waals surface area (Å²) in [6.07, 6.45) is 2.44. The molecule has 0 fully saturated rings. The van der Waals surface area contributed by atoms with E-state index in [1.807, 2.05) is 4.57 Å². The molecule has 0 saturated heterocycles. The lowest BCUT2D eigenvalue weighted by molar-refractivity contribution is 0.0942. The van der Waals surface area contributed by atoms with Gasteiger partial charge in [0.15, 0.2) is 5.82 Å². The molecular formula is C13H18N6O3. The fourth-order valence-electron chi connectivity index (χ4n) is 1.86. The summed E-state index contributed by atoms with van der Waals surface area (Å²) in [5.41, 5.74) is -0.0954. The van der Waals surface area contributed by atoms with Gasteiger partial charge in [-0.1, -0.05) is 0 Å². The van der Waals surface area contributed by atoms with Gasteiger partial charge in [0, 0.05) is 33.4 Å². The minimum atomic E-state index is -0.373. The van der Waals surface area contributed by atoms with E-state index in [4.69, 9.17) is 4.74 Å². The molecule has 2 heterocycles. The molecule has 0 bridgehead atoms. The first kappa shape index (κ1) is 15.8. The highest BCUT2D eigenvalue weighted by molar-refractivity contribution is 5.91. The zero-order chi connectivity index (χ0) is 15.9. The zero-order valence-electron chi connectivity index (χ0n) is 12.5. The van der Waals surface area contributed by atoms with Crippen LogP contribution in [0.1, 0.15) is 22.7 Å². The molecule has 0 aromatic carbocycles. The molecule has 2 aromatic heterocycles. The number of carbonyl (C=O) groups is 1. The molecule has 0 aliphatic rings. The van der Waals surface area contributed by atoms with Gasteiger partial charge in [-0.2, -0.15) is 5.10 Å². The summed E-state index contributed by atoms with van der Waals surface area (Å²) >= 11 is 0. The minimum absolute atomic E-state index is 0.174. The highest BCUT2D eigenvalue weighted by Crippen LogP contribution is 1.98. The Morgan fingerprint density at radius 2 is 2.23 bits per heavy atom. The van der Waals surface area contributed by atoms with Gasteiger partial charge in [0.25, 0.3) is 11.5 Å². The van der Waals surface area contributed by atoms with Gasteiger partial charge >= 0.3 is 0 Å². The Balaban J connectivity index is 1.95. The molecule has 0 unspecified atom stereocenters. The molecule has 118 valence electrons. The predicted octanol–water partition coefficient (Wildman–Crippen LogP) is -0.662. The van der Waals surface area contributed by atoms with Crippen LogP contribution in [0.2, 0.25) is 0 Å². The van der Waals surface area contributed by atoms with Crippen LogP contribution < -0.4 is 10.9 Å². The van der Waals surface area contributed by atoms with E-state index < -0.39 is 0 Å². The summed E-state index contributed by atoms with van der Waals surface area (Å²) in [6.45, 7) is 1.59. The third kappa shape index (κ3) is 3.98. The summed E-state index contributed by atoms with van der Waals surface area (Å²) < 4.78 is 7.96. The van der Waals surface area contributed by atoms with Gasteiger partial charge in [0.05, 0.1) is 6.54 Å². The van der Waals surface area contributed by atoms with Crippen molar-refractivity contribution in [1.29, 1.82) is 0 Å². The topological polar surface area (TPSA) is 104 Å². The number of nitrogens with one attached hydrogen (secondary N) is 1. The number of amides is 1. The fourth-order valence-corrected chi connectivity index (χ4v) is 1.86. The zero-order valence-corrected chi connectivity index (χ0v) is 12.5. The molecule has 22 heavy (non-hydrogen) atoms. The van der Waals surface area contributed by atoms with Gasteiger partial charge < -0.3 is 14.6 Å². The average molecular weight is 306 g/mol. The molecule has 2 aromatic rings. The van der Waals surface area contributed by atoms with Gasteiger partial charge in [-0.25, -0.2) is 4.68 Å². The highest BCUT2D eigenvalue weighted by atomic mass is 16.5. The maximum absolute atomic E-state index is 12.0. The van der Waals surface area contributed by atoms with Crippen LogP contribution in [0.25, 0.3) is 0 Å². The summed E-state index contributed by atoms with van der Waals surface area (Å²) in [4.78, 5) is 23.3. The van der Waals surface area contributed by atoms with Gasteiger partial charge in [-0.3, -0.25) is 9.59 Å². The smallest absolute Gasteiger partial charge is 0.272 e. The third-order valence-electron chi connectivity index (χ3n) is 3.04. The van der Waals surface area contributed by atoms with Crippen molar-refractivity contribution in [2.75, 3.05) is 13.7 Å². The van der Waals surface area contributed by atoms with Crippen LogP contribution in [-0.2, 0) is 24.9 Å². The quantitative estimate of drug-likeness (QED) is 0.681. The lowest BCUT2D eigenvalue weighted by Gasteiger charge is -2.07. The monoisotopic (exact) mass is 306 g/mol. The predicted molar refractivity (Wildman–Crippen MR) is 77.2 cm³/mol. The Morgan fingerprint density at radius 3 is 2.95 bits per heavy atom. The number of ether oxygens (including phenoxy) is 1. The molecule has 1 amide bonds. The average Bonchev–Trinajstić information content (AvgIpc) is 2.95. The maximum Gasteiger partial charge on any atom is 0.272 e. The molecule has 0 spiro atoms. The van der Waals surface area contributed by atoms with Gasteiger partial charge in [0.1, 0.15) is 12.0 Å². The lowest BCUT2D eigenvalue weighted by atomic mass is 10.3. The van der Waals surface area contributed by atoms with Crippen LogP contribution in [0.3, 0.4) is 0 Å². The number of rotatable bonds is 7. The van der Waals surface area contributed by atoms with Crippen molar-refractivity contribution in [3.05, 3.63) is 40.3 Å². The van der Waals surface area contributed by atoms with Gasteiger partial charge in [-0.05, 0) is 12.5 Å². The maximum atomic E-state index is 12.0. The molecule has 0 aliphatic heterocycles. The first-order valence-electron chi connectivity index (χ1n) is 6.80. The van der Waals surface area contributed by atoms with E-state index in [9.17, 15) is 9.59 Å². The summed E-state index contributed by atoms with van der Waals surface area (Å²) in [7, 11) is 3.14. The summed E-state index contributed by atoms with van der Waals surface area (Å²) in [6, 6.07) is 2.69. The minimum Gasteiger partial charge on any atom is -0.385 e. The highest BCUT2D eigenvalue weighted by Gasteiger charge is 2.10. The van der Waals surface area contributed by atoms with Crippen LogP contribution >= 0.6 is 0 Å². The standard InChI is InChI=1S/C13H18N6O3/c1-18-12(20)5-4-10(17-18)13(21)14-8-11-16-15-9-19(11)6-3-7-22-2/h4-5,9H,3,6-8H2,1-2H3,(H,14,21). The Morgan fingerprint density at radius 1 is 1.41 bits per heavy atom. The van der Waals surface area contributed by atoms with Crippen molar-refractivity contribution >= 4 is 5.91 Å². The first-order chi connectivity index (χ1) is 10.6. The SMILES string of the molecule is COCCCn1cnnc1CNC(=O)c1ccc(=O)n(C)n1. The summed E-state index contributed by atoms with van der Waals surface area (Å²) in [5, 5.41) is 14.4. The van der Waals surface area contributed by atoms with Crippen LogP contribution in [-0.4, -0.2) is 44.2 Å². The van der Waals surface area contributed by atoms with Crippen LogP contribution in [0.15, 0.2) is 23.3 Å². The number of hydrogen-bond donors (Lipinski definition) is 1. The number of carbonyl (C=O) groups excluding carboxylic acids is 1. The fraction of sp³-hybridized carbons (Fsp3) is 0.462. The number of methoxy groups -OCH3 is 1. The van der Waals surface area contributed by atoms with Crippen molar-refractivity contribution in [2.45, 2.75) is 19.5 Å². The molecule has 0 aliphatic carbocycles. The second-order valence-electron chi connectivity index (χ2n) is 4.65. The van der Waals surface area contributed by atoms with Crippen molar-refractivity contribution in [3.63, 3.8) is 0 Å². The Kier molecular flexibility index (Phi) is 5.37. The number of aryl methyl sites for hydroxylation is 2. The van der Waals surface area contributed by atoms with E-state index in [1.165, 1.54) is 19.2 Å². The van der Waals surface area contributed by atoms with E-state index in [-0.39, 0.29) is 23.7 Å². The molecule has 0 radical (unpaired) electrons. The van der Waals surface area contributed by atoms with E-state index >= 15 is 0 Å². The molecule has 0 atom stereocenters. The second kappa shape index (κ2) is 7.46. The molecule has 0 saturated carbocycles. The van der Waals surface area contributed by atoms with E-state index in [0.29, 0.717) is 19.0 Å². The molecule has 1 N–H and O–H groups in total. The van der Waals surface area contributed by atoms with Crippen LogP contribution in [0.5, 0.6) is 0 Å². The van der Waals surface area contributed by atoms with E-state index in [0.717, 1.165) is 11.1 Å². The van der Waals surface area contributed by atoms with Crippen molar-refractivity contribution < 1.29 is 9.53 Å². The first-order valence-corrected chi connectivity index (χ1v) is 6.80. The lowest BCUT2D eigenvalue weighted by Crippen LogP contribution is -2.29. The summed E-state index contributed by atoms with van der Waals surface area (Å²) in [5.74, 6) is 0.274. The normalized spacial score (nSPS) is 10.6. The van der Waals surface area contributed by atoms with Gasteiger partial charge in [-0.15, -0.1) is 10.2 Å². The molecule has 2 rings (SSSR count). The third-order valence-corrected chi connectivity index (χ3v) is 3.04. The number of hydrogen-bond acceptors (Lipinski definition) is 6. The van der Waals surface area contributed by atoms with Crippen molar-refractivity contribution in [3.8, 4) is 0 Å².